The average Bonchev–Trinajstić information content (AvgIpc) is 1.63. The van der Waals surface area contributed by atoms with E-state index in [1.807, 2.05) is 0 Å². The first kappa shape index (κ1) is 54.4. The second-order valence-corrected chi connectivity index (χ2v) is 27.0. The Bertz CT molecular complexity index is 5070. The molecule has 0 saturated carbocycles. The van der Waals surface area contributed by atoms with Crippen molar-refractivity contribution in [1.82, 2.24) is 0 Å². The van der Waals surface area contributed by atoms with Crippen molar-refractivity contribution in [3.8, 4) is 33.4 Å². The lowest BCUT2D eigenvalue weighted by Crippen LogP contribution is -2.17. The van der Waals surface area contributed by atoms with Gasteiger partial charge in [-0.15, -0.1) is 0 Å². The molecule has 14 aromatic carbocycles. The van der Waals surface area contributed by atoms with Crippen LogP contribution in [0, 0.1) is 0 Å². The molecule has 0 N–H and O–H groups in total. The van der Waals surface area contributed by atoms with Gasteiger partial charge in [-0.05, 0) is 182 Å². The Labute approximate surface area is 534 Å². The molecule has 0 aliphatic heterocycles. The lowest BCUT2D eigenvalue weighted by atomic mass is 9.81. The maximum atomic E-state index is 2.45. The molecule has 0 fully saturated rings. The van der Waals surface area contributed by atoms with E-state index in [4.69, 9.17) is 0 Å². The lowest BCUT2D eigenvalue weighted by Gasteiger charge is -2.29. The lowest BCUT2D eigenvalue weighted by molar-refractivity contribution is 0.660. The van der Waals surface area contributed by atoms with Crippen LogP contribution in [0.1, 0.15) is 97.2 Å². The first-order valence-corrected chi connectivity index (χ1v) is 32.1. The van der Waals surface area contributed by atoms with Crippen molar-refractivity contribution in [2.24, 2.45) is 0 Å². The average molecular weight is 1170 g/mol. The van der Waals surface area contributed by atoms with Crippen LogP contribution < -0.4 is 9.80 Å². The van der Waals surface area contributed by atoms with E-state index < -0.39 is 0 Å². The highest BCUT2D eigenvalue weighted by Gasteiger charge is 2.39. The highest BCUT2D eigenvalue weighted by atomic mass is 15.1. The van der Waals surface area contributed by atoms with Crippen LogP contribution in [-0.4, -0.2) is 0 Å². The first-order chi connectivity index (χ1) is 44.3. The van der Waals surface area contributed by atoms with Crippen molar-refractivity contribution in [3.63, 3.8) is 0 Å². The van der Waals surface area contributed by atoms with Gasteiger partial charge in [-0.1, -0.05) is 284 Å². The third-order valence-electron chi connectivity index (χ3n) is 20.5. The standard InChI is InChI=1S/C89H68N2/c1-87(2)79-49-57(29-31-59-35-45-75-77-47-41-69(55-83(77)88(3,4)81(75)51-59)90(67-39-37-61-17-7-9-21-65(61)53-67)85-27-15-23-63-19-11-13-25-71(63)85)33-43-73(79)74-44-34-58(50-80(74)87)30-32-60-36-46-76-78-48-42-70(56-84(78)89(5,6)82(76)52-60)91(68-40-38-62-18-8-10-22-66(62)54-68)86-28-16-24-64-20-12-14-26-72(64)86/h7-56H,1-6H3. The minimum atomic E-state index is -0.214. The summed E-state index contributed by atoms with van der Waals surface area (Å²) in [5.41, 5.74) is 27.2. The molecule has 0 bridgehead atoms. The fraction of sp³-hybridized carbons (Fsp3) is 0.101. The summed E-state index contributed by atoms with van der Waals surface area (Å²) in [7, 11) is 0. The number of fused-ring (bicyclic) bond motifs is 13. The predicted octanol–water partition coefficient (Wildman–Crippen LogP) is 24.5. The van der Waals surface area contributed by atoms with Crippen LogP contribution >= 0.6 is 0 Å². The molecule has 0 atom stereocenters. The van der Waals surface area contributed by atoms with Gasteiger partial charge in [0.05, 0.1) is 11.4 Å². The van der Waals surface area contributed by atoms with E-state index in [1.165, 1.54) is 143 Å². The summed E-state index contributed by atoms with van der Waals surface area (Å²) < 4.78 is 0. The Morgan fingerprint density at radius 3 is 0.835 bits per heavy atom. The zero-order valence-corrected chi connectivity index (χ0v) is 52.3. The topological polar surface area (TPSA) is 6.48 Å². The molecule has 0 radical (unpaired) electrons. The van der Waals surface area contributed by atoms with E-state index in [0.717, 1.165) is 22.7 Å². The Hall–Kier alpha value is -10.8. The van der Waals surface area contributed by atoms with Crippen LogP contribution in [0.3, 0.4) is 0 Å². The van der Waals surface area contributed by atoms with E-state index in [1.54, 1.807) is 0 Å². The fourth-order valence-corrected chi connectivity index (χ4v) is 15.6. The van der Waals surface area contributed by atoms with E-state index >= 15 is 0 Å². The van der Waals surface area contributed by atoms with Gasteiger partial charge in [0.25, 0.3) is 0 Å². The molecular formula is C89H68N2. The molecule has 14 aromatic rings. The Morgan fingerprint density at radius 2 is 0.484 bits per heavy atom. The maximum absolute atomic E-state index is 2.45. The van der Waals surface area contributed by atoms with Gasteiger partial charge in [0.1, 0.15) is 0 Å². The van der Waals surface area contributed by atoms with E-state index in [9.17, 15) is 0 Å². The van der Waals surface area contributed by atoms with Gasteiger partial charge >= 0.3 is 0 Å². The monoisotopic (exact) mass is 1160 g/mol. The summed E-state index contributed by atoms with van der Waals surface area (Å²) in [4.78, 5) is 4.90. The van der Waals surface area contributed by atoms with Gasteiger partial charge in [-0.25, -0.2) is 0 Å². The molecule has 91 heavy (non-hydrogen) atoms. The minimum absolute atomic E-state index is 0.169. The van der Waals surface area contributed by atoms with Crippen molar-refractivity contribution in [2.75, 3.05) is 9.80 Å². The van der Waals surface area contributed by atoms with Crippen LogP contribution in [0.15, 0.2) is 279 Å². The number of nitrogens with zero attached hydrogens (tertiary/aromatic N) is 2. The molecule has 17 rings (SSSR count). The summed E-state index contributed by atoms with van der Waals surface area (Å²) in [6.45, 7) is 14.4. The minimum Gasteiger partial charge on any atom is -0.310 e. The summed E-state index contributed by atoms with van der Waals surface area (Å²) in [6.07, 6.45) is 9.21. The largest absolute Gasteiger partial charge is 0.310 e. The molecule has 0 heterocycles. The zero-order valence-electron chi connectivity index (χ0n) is 52.3. The number of hydrogen-bond donors (Lipinski definition) is 0. The summed E-state index contributed by atoms with van der Waals surface area (Å²) >= 11 is 0. The molecule has 0 amide bonds. The summed E-state index contributed by atoms with van der Waals surface area (Å²) in [6, 6.07) is 104. The number of anilines is 6. The van der Waals surface area contributed by atoms with Crippen LogP contribution in [-0.2, 0) is 16.2 Å². The van der Waals surface area contributed by atoms with Crippen LogP contribution in [0.25, 0.3) is 101 Å². The number of benzene rings is 14. The Kier molecular flexibility index (Phi) is 12.3. The van der Waals surface area contributed by atoms with Crippen molar-refractivity contribution >= 4 is 102 Å². The molecule has 0 spiro atoms. The van der Waals surface area contributed by atoms with Crippen molar-refractivity contribution < 1.29 is 0 Å². The number of hydrogen-bond acceptors (Lipinski definition) is 2. The maximum Gasteiger partial charge on any atom is 0.0540 e. The van der Waals surface area contributed by atoms with Gasteiger partial charge in [0, 0.05) is 49.8 Å². The van der Waals surface area contributed by atoms with Gasteiger partial charge in [-0.3, -0.25) is 0 Å². The van der Waals surface area contributed by atoms with E-state index in [2.05, 4.69) is 355 Å². The smallest absolute Gasteiger partial charge is 0.0540 e. The van der Waals surface area contributed by atoms with Crippen molar-refractivity contribution in [2.45, 2.75) is 57.8 Å². The molecule has 0 unspecified atom stereocenters. The first-order valence-electron chi connectivity index (χ1n) is 32.1. The van der Waals surface area contributed by atoms with Crippen molar-refractivity contribution in [3.05, 3.63) is 335 Å². The second kappa shape index (κ2) is 20.6. The fourth-order valence-electron chi connectivity index (χ4n) is 15.6. The predicted molar refractivity (Wildman–Crippen MR) is 389 cm³/mol. The Morgan fingerprint density at radius 1 is 0.220 bits per heavy atom. The molecule has 2 nitrogen and oxygen atoms in total. The summed E-state index contributed by atoms with van der Waals surface area (Å²) in [5, 5.41) is 9.83. The van der Waals surface area contributed by atoms with Crippen LogP contribution in [0.4, 0.5) is 34.1 Å². The highest BCUT2D eigenvalue weighted by molar-refractivity contribution is 6.03. The molecule has 3 aliphatic rings. The third kappa shape index (κ3) is 8.83. The molecule has 0 aromatic heterocycles. The Balaban J connectivity index is 0.623. The number of rotatable bonds is 10. The van der Waals surface area contributed by atoms with E-state index in [0.29, 0.717) is 0 Å². The second-order valence-electron chi connectivity index (χ2n) is 27.0. The van der Waals surface area contributed by atoms with Gasteiger partial charge in [0.2, 0.25) is 0 Å². The third-order valence-corrected chi connectivity index (χ3v) is 20.5. The van der Waals surface area contributed by atoms with Crippen molar-refractivity contribution in [1.29, 1.82) is 0 Å². The molecule has 2 heteroatoms. The summed E-state index contributed by atoms with van der Waals surface area (Å²) in [5.74, 6) is 0. The molecule has 0 saturated heterocycles. The molecule has 3 aliphatic carbocycles. The SMILES string of the molecule is CC1(C)c2cc(C=Cc3ccc4c(c3)C(C)(C)c3cc(N(c5ccc6ccccc6c5)c5cccc6ccccc56)ccc3-4)ccc2-c2ccc(C=Cc3ccc4c(c3)C(C)(C)c3cc(N(c5ccc6ccccc6c5)c5cccc6ccccc56)ccc3-4)cc21. The van der Waals surface area contributed by atoms with Gasteiger partial charge in [-0.2, -0.15) is 0 Å². The zero-order chi connectivity index (χ0) is 61.3. The van der Waals surface area contributed by atoms with Gasteiger partial charge in [0.15, 0.2) is 0 Å². The normalized spacial score (nSPS) is 14.4. The van der Waals surface area contributed by atoms with Crippen LogP contribution in [0.5, 0.6) is 0 Å². The van der Waals surface area contributed by atoms with Crippen LogP contribution in [0.2, 0.25) is 0 Å². The quantitative estimate of drug-likeness (QED) is 0.126. The molecule has 434 valence electrons. The highest BCUT2D eigenvalue weighted by Crippen LogP contribution is 2.55. The van der Waals surface area contributed by atoms with E-state index in [-0.39, 0.29) is 16.2 Å². The molecular weight excluding hydrogens is 1100 g/mol. The van der Waals surface area contributed by atoms with Gasteiger partial charge < -0.3 is 9.80 Å².